The van der Waals surface area contributed by atoms with Crippen LogP contribution in [0, 0.1) is 0 Å². The van der Waals surface area contributed by atoms with Crippen LogP contribution in [-0.4, -0.2) is 59.8 Å². The van der Waals surface area contributed by atoms with Gasteiger partial charge in [-0.3, -0.25) is 4.57 Å². The molecule has 1 fully saturated rings. The first-order valence-electron chi connectivity index (χ1n) is 8.09. The van der Waals surface area contributed by atoms with E-state index in [-0.39, 0.29) is 17.4 Å². The van der Waals surface area contributed by atoms with Crippen molar-refractivity contribution in [1.29, 1.82) is 0 Å². The highest BCUT2D eigenvalue weighted by Gasteiger charge is 2.44. The first kappa shape index (κ1) is 17.9. The summed E-state index contributed by atoms with van der Waals surface area (Å²) in [6, 6.07) is 1.94. The number of imidazole rings is 1. The minimum absolute atomic E-state index is 0.0451. The van der Waals surface area contributed by atoms with Gasteiger partial charge in [0.25, 0.3) is 5.95 Å². The Labute approximate surface area is 156 Å². The van der Waals surface area contributed by atoms with Crippen LogP contribution in [0.15, 0.2) is 33.4 Å². The number of azo groups is 1. The van der Waals surface area contributed by atoms with Crippen molar-refractivity contribution >= 4 is 34.3 Å². The number of aromatic nitrogens is 4. The second-order valence-corrected chi connectivity index (χ2v) is 6.77. The molecule has 1 aliphatic heterocycles. The summed E-state index contributed by atoms with van der Waals surface area (Å²) in [7, 11) is 0. The average Bonchev–Trinajstić information content (AvgIpc) is 3.37. The van der Waals surface area contributed by atoms with E-state index in [9.17, 15) is 15.3 Å². The number of rotatable bonds is 5. The smallest absolute Gasteiger partial charge is 0.272 e. The SMILES string of the molecule is Nc1nc(N=NCc2ccsc2)nc2c1ncn2C1O[C@H](CO)[C@@H](O)[C@H]1O. The van der Waals surface area contributed by atoms with Crippen LogP contribution < -0.4 is 5.73 Å². The Morgan fingerprint density at radius 3 is 2.85 bits per heavy atom. The fourth-order valence-corrected chi connectivity index (χ4v) is 3.49. The third-order valence-electron chi connectivity index (χ3n) is 4.22. The van der Waals surface area contributed by atoms with Gasteiger partial charge in [0, 0.05) is 0 Å². The molecule has 0 radical (unpaired) electrons. The molecule has 0 saturated carbocycles. The number of fused-ring (bicyclic) bond motifs is 1. The monoisotopic (exact) mass is 391 g/mol. The second kappa shape index (κ2) is 7.25. The molecule has 1 unspecified atom stereocenters. The van der Waals surface area contributed by atoms with E-state index in [1.807, 2.05) is 16.8 Å². The van der Waals surface area contributed by atoms with Crippen molar-refractivity contribution in [2.24, 2.45) is 10.2 Å². The van der Waals surface area contributed by atoms with Gasteiger partial charge in [0.15, 0.2) is 17.7 Å². The topological polar surface area (TPSA) is 164 Å². The lowest BCUT2D eigenvalue weighted by Gasteiger charge is -2.16. The highest BCUT2D eigenvalue weighted by Crippen LogP contribution is 2.32. The van der Waals surface area contributed by atoms with Crippen LogP contribution in [0.2, 0.25) is 0 Å². The summed E-state index contributed by atoms with van der Waals surface area (Å²) in [5.41, 5.74) is 7.54. The molecular formula is C15H17N7O4S. The number of hydrogen-bond acceptors (Lipinski definition) is 11. The van der Waals surface area contributed by atoms with Gasteiger partial charge in [-0.05, 0) is 22.4 Å². The van der Waals surface area contributed by atoms with Crippen LogP contribution in [0.4, 0.5) is 11.8 Å². The number of nitrogens with two attached hydrogens (primary N) is 1. The Kier molecular flexibility index (Phi) is 4.80. The van der Waals surface area contributed by atoms with Crippen molar-refractivity contribution in [3.05, 3.63) is 28.7 Å². The Morgan fingerprint density at radius 2 is 2.15 bits per heavy atom. The van der Waals surface area contributed by atoms with E-state index < -0.39 is 31.1 Å². The van der Waals surface area contributed by atoms with Crippen LogP contribution in [0.1, 0.15) is 11.8 Å². The van der Waals surface area contributed by atoms with E-state index in [4.69, 9.17) is 10.5 Å². The van der Waals surface area contributed by atoms with Crippen LogP contribution in [0.25, 0.3) is 11.2 Å². The van der Waals surface area contributed by atoms with Crippen molar-refractivity contribution in [2.45, 2.75) is 31.1 Å². The van der Waals surface area contributed by atoms with E-state index >= 15 is 0 Å². The van der Waals surface area contributed by atoms with E-state index in [1.54, 1.807) is 11.3 Å². The summed E-state index contributed by atoms with van der Waals surface area (Å²) >= 11 is 1.57. The van der Waals surface area contributed by atoms with Gasteiger partial charge in [-0.2, -0.15) is 26.4 Å². The average molecular weight is 391 g/mol. The van der Waals surface area contributed by atoms with Crippen molar-refractivity contribution in [3.63, 3.8) is 0 Å². The highest BCUT2D eigenvalue weighted by atomic mass is 32.1. The van der Waals surface area contributed by atoms with Gasteiger partial charge in [0.05, 0.1) is 19.5 Å². The van der Waals surface area contributed by atoms with Gasteiger partial charge in [0.2, 0.25) is 0 Å². The molecule has 0 amide bonds. The summed E-state index contributed by atoms with van der Waals surface area (Å²) in [6.45, 7) is -0.0422. The summed E-state index contributed by atoms with van der Waals surface area (Å²) in [5.74, 6) is 0.152. The number of aliphatic hydroxyl groups is 3. The molecule has 11 nitrogen and oxygen atoms in total. The Hall–Kier alpha value is -2.51. The van der Waals surface area contributed by atoms with Crippen molar-refractivity contribution in [2.75, 3.05) is 12.3 Å². The second-order valence-electron chi connectivity index (χ2n) is 5.99. The van der Waals surface area contributed by atoms with Crippen LogP contribution >= 0.6 is 11.3 Å². The molecule has 4 atom stereocenters. The summed E-state index contributed by atoms with van der Waals surface area (Å²) in [6.07, 6.45) is -3.01. The zero-order valence-electron chi connectivity index (χ0n) is 14.0. The third-order valence-corrected chi connectivity index (χ3v) is 4.95. The maximum absolute atomic E-state index is 10.2. The highest BCUT2D eigenvalue weighted by molar-refractivity contribution is 7.07. The van der Waals surface area contributed by atoms with Gasteiger partial charge in [-0.1, -0.05) is 0 Å². The van der Waals surface area contributed by atoms with E-state index in [0.29, 0.717) is 12.1 Å². The third kappa shape index (κ3) is 3.28. The quantitative estimate of drug-likeness (QED) is 0.453. The number of nitrogen functional groups attached to an aromatic ring is 1. The summed E-state index contributed by atoms with van der Waals surface area (Å²) < 4.78 is 6.94. The largest absolute Gasteiger partial charge is 0.394 e. The molecule has 1 aliphatic rings. The van der Waals surface area contributed by atoms with Crippen molar-refractivity contribution < 1.29 is 20.1 Å². The number of ether oxygens (including phenoxy) is 1. The van der Waals surface area contributed by atoms with Gasteiger partial charge < -0.3 is 25.8 Å². The lowest BCUT2D eigenvalue weighted by atomic mass is 10.1. The van der Waals surface area contributed by atoms with Crippen LogP contribution in [0.5, 0.6) is 0 Å². The number of thiophene rings is 1. The fourth-order valence-electron chi connectivity index (χ4n) is 2.83. The Bertz CT molecular complexity index is 961. The minimum Gasteiger partial charge on any atom is -0.394 e. The molecule has 0 aliphatic carbocycles. The molecule has 0 bridgehead atoms. The standard InChI is InChI=1S/C15H17N7O4S/c16-12-9-13(20-15(19-12)21-18-3-7-1-2-27-5-7)22(6-17-9)14-11(25)10(24)8(4-23)26-14/h1-2,5-6,8,10-11,14,23-25H,3-4H2,(H2,16,19,20)/t8-,10-,11-,14?/m1/s1. The van der Waals surface area contributed by atoms with Gasteiger partial charge in [-0.25, -0.2) is 4.98 Å². The van der Waals surface area contributed by atoms with Gasteiger partial charge in [-0.15, -0.1) is 5.11 Å². The number of aliphatic hydroxyl groups excluding tert-OH is 3. The lowest BCUT2D eigenvalue weighted by molar-refractivity contribution is -0.0511. The zero-order chi connectivity index (χ0) is 19.0. The molecule has 5 N–H and O–H groups in total. The molecule has 0 aromatic carbocycles. The van der Waals surface area contributed by atoms with Gasteiger partial charge >= 0.3 is 0 Å². The molecule has 4 rings (SSSR count). The first-order chi connectivity index (χ1) is 13.1. The molecule has 3 aromatic rings. The normalized spacial score (nSPS) is 25.7. The predicted octanol–water partition coefficient (Wildman–Crippen LogP) is 0.365. The van der Waals surface area contributed by atoms with E-state index in [1.165, 1.54) is 10.9 Å². The van der Waals surface area contributed by atoms with E-state index in [2.05, 4.69) is 25.2 Å². The Morgan fingerprint density at radius 1 is 1.30 bits per heavy atom. The number of hydrogen-bond donors (Lipinski definition) is 4. The fraction of sp³-hybridized carbons (Fsp3) is 0.400. The van der Waals surface area contributed by atoms with Crippen LogP contribution in [-0.2, 0) is 11.3 Å². The molecule has 142 valence electrons. The molecule has 12 heteroatoms. The predicted molar refractivity (Wildman–Crippen MR) is 95.3 cm³/mol. The number of nitrogens with zero attached hydrogens (tertiary/aromatic N) is 6. The minimum atomic E-state index is -1.26. The maximum Gasteiger partial charge on any atom is 0.272 e. The summed E-state index contributed by atoms with van der Waals surface area (Å²) in [5, 5.41) is 41.4. The molecule has 4 heterocycles. The first-order valence-corrected chi connectivity index (χ1v) is 9.04. The number of anilines is 1. The van der Waals surface area contributed by atoms with Crippen molar-refractivity contribution in [3.8, 4) is 0 Å². The maximum atomic E-state index is 10.2. The molecule has 1 saturated heterocycles. The van der Waals surface area contributed by atoms with Crippen molar-refractivity contribution in [1.82, 2.24) is 19.5 Å². The molecule has 3 aromatic heterocycles. The zero-order valence-corrected chi connectivity index (χ0v) is 14.8. The van der Waals surface area contributed by atoms with Gasteiger partial charge in [0.1, 0.15) is 23.8 Å². The van der Waals surface area contributed by atoms with E-state index in [0.717, 1.165) is 5.56 Å². The Balaban J connectivity index is 1.65. The lowest BCUT2D eigenvalue weighted by Crippen LogP contribution is -2.33. The molecule has 27 heavy (non-hydrogen) atoms. The van der Waals surface area contributed by atoms with Crippen LogP contribution in [0.3, 0.4) is 0 Å². The summed E-state index contributed by atoms with van der Waals surface area (Å²) in [4.78, 5) is 12.5. The molecular weight excluding hydrogens is 374 g/mol. The molecule has 0 spiro atoms.